The Balaban J connectivity index is 1.23. The zero-order valence-corrected chi connectivity index (χ0v) is 28.0. The largest absolute Gasteiger partial charge is 0.325 e. The number of carbonyl (C=O) groups excluding carboxylic acids is 3. The molecule has 0 saturated carbocycles. The number of benzene rings is 6. The lowest BCUT2D eigenvalue weighted by Crippen LogP contribution is -2.30. The van der Waals surface area contributed by atoms with E-state index in [0.29, 0.717) is 11.3 Å². The molecule has 6 nitrogen and oxygen atoms in total. The fourth-order valence-electron chi connectivity index (χ4n) is 5.40. The number of rotatable bonds is 10. The number of fused-ring (bicyclic) bond motifs is 1. The number of hydrogen-bond acceptors (Lipinski definition) is 4. The van der Waals surface area contributed by atoms with E-state index in [2.05, 4.69) is 16.0 Å². The van der Waals surface area contributed by atoms with E-state index < -0.39 is 11.2 Å². The summed E-state index contributed by atoms with van der Waals surface area (Å²) >= 11 is 1.43. The van der Waals surface area contributed by atoms with Crippen LogP contribution in [0.5, 0.6) is 0 Å². The molecule has 1 unspecified atom stereocenters. The van der Waals surface area contributed by atoms with Crippen molar-refractivity contribution in [2.45, 2.75) is 24.0 Å². The molecule has 0 radical (unpaired) electrons. The van der Waals surface area contributed by atoms with Gasteiger partial charge in [0, 0.05) is 21.8 Å². The Morgan fingerprint density at radius 1 is 0.673 bits per heavy atom. The molecule has 7 heteroatoms. The average molecular weight is 662 g/mol. The summed E-state index contributed by atoms with van der Waals surface area (Å²) in [6.07, 6.45) is 1.70. The van der Waals surface area contributed by atoms with Crippen molar-refractivity contribution in [2.24, 2.45) is 0 Å². The van der Waals surface area contributed by atoms with Gasteiger partial charge in [0.1, 0.15) is 10.9 Å². The van der Waals surface area contributed by atoms with Crippen LogP contribution >= 0.6 is 11.8 Å². The lowest BCUT2D eigenvalue weighted by atomic mass is 10.0. The highest BCUT2D eigenvalue weighted by Gasteiger charge is 2.23. The lowest BCUT2D eigenvalue weighted by molar-refractivity contribution is -0.116. The third-order valence-corrected chi connectivity index (χ3v) is 9.28. The predicted octanol–water partition coefficient (Wildman–Crippen LogP) is 9.34. The number of carbonyl (C=O) groups is 3. The number of amides is 3. The van der Waals surface area contributed by atoms with Crippen LogP contribution in [-0.2, 0) is 9.59 Å². The van der Waals surface area contributed by atoms with E-state index in [4.69, 9.17) is 0 Å². The third kappa shape index (κ3) is 8.33. The predicted molar refractivity (Wildman–Crippen MR) is 200 cm³/mol. The van der Waals surface area contributed by atoms with Crippen molar-refractivity contribution in [3.05, 3.63) is 179 Å². The highest BCUT2D eigenvalue weighted by Crippen LogP contribution is 2.37. The van der Waals surface area contributed by atoms with Crippen molar-refractivity contribution in [3.8, 4) is 0 Å². The fraction of sp³-hybridized carbons (Fsp3) is 0.0714. The highest BCUT2D eigenvalue weighted by molar-refractivity contribution is 8.00. The van der Waals surface area contributed by atoms with E-state index >= 15 is 0 Å². The summed E-state index contributed by atoms with van der Waals surface area (Å²) in [7, 11) is 0. The van der Waals surface area contributed by atoms with Crippen LogP contribution in [0.15, 0.2) is 156 Å². The van der Waals surface area contributed by atoms with Gasteiger partial charge in [0.25, 0.3) is 11.8 Å². The Morgan fingerprint density at radius 3 is 2.10 bits per heavy atom. The maximum atomic E-state index is 13.7. The van der Waals surface area contributed by atoms with Gasteiger partial charge in [0.2, 0.25) is 5.91 Å². The molecule has 49 heavy (non-hydrogen) atoms. The Morgan fingerprint density at radius 2 is 1.35 bits per heavy atom. The number of nitrogens with one attached hydrogen (secondary N) is 3. The van der Waals surface area contributed by atoms with Crippen LogP contribution in [0.2, 0.25) is 0 Å². The Bertz CT molecular complexity index is 2140. The quantitative estimate of drug-likeness (QED) is 0.101. The number of thioether (sulfide) groups is 1. The molecule has 3 amide bonds. The zero-order valence-electron chi connectivity index (χ0n) is 27.1. The molecular weight excluding hydrogens is 627 g/mol. The van der Waals surface area contributed by atoms with Gasteiger partial charge < -0.3 is 16.0 Å². The summed E-state index contributed by atoms with van der Waals surface area (Å²) in [6.45, 7) is 3.97. The van der Waals surface area contributed by atoms with Gasteiger partial charge in [-0.3, -0.25) is 14.4 Å². The average Bonchev–Trinajstić information content (AvgIpc) is 3.13. The van der Waals surface area contributed by atoms with Gasteiger partial charge >= 0.3 is 0 Å². The van der Waals surface area contributed by atoms with E-state index in [9.17, 15) is 14.4 Å². The number of hydrogen-bond donors (Lipinski definition) is 3. The van der Waals surface area contributed by atoms with Crippen LogP contribution < -0.4 is 16.0 Å². The van der Waals surface area contributed by atoms with Crippen molar-refractivity contribution < 1.29 is 14.4 Å². The summed E-state index contributed by atoms with van der Waals surface area (Å²) in [5, 5.41) is 10.4. The van der Waals surface area contributed by atoms with Crippen LogP contribution in [0.4, 0.5) is 11.4 Å². The van der Waals surface area contributed by atoms with E-state index in [-0.39, 0.29) is 17.5 Å². The maximum absolute atomic E-state index is 13.7. The number of aryl methyl sites for hydroxylation is 2. The first kappa shape index (κ1) is 33.0. The number of anilines is 2. The van der Waals surface area contributed by atoms with Gasteiger partial charge in [-0.1, -0.05) is 103 Å². The Kier molecular flexibility index (Phi) is 10.3. The Hall–Kier alpha value is -5.92. The van der Waals surface area contributed by atoms with Crippen molar-refractivity contribution >= 4 is 57.7 Å². The minimum absolute atomic E-state index is 0.107. The SMILES string of the molecule is Cc1ccc(C)c(NC(=O)C(Sc2ccc(NC(=O)/C(=C/c3cccc4ccccc34)NC(=O)c3ccccc3)cc2)c2ccccc2)c1. The molecule has 0 spiro atoms. The first-order chi connectivity index (χ1) is 23.8. The molecule has 6 aromatic rings. The minimum atomic E-state index is -0.509. The summed E-state index contributed by atoms with van der Waals surface area (Å²) in [5.74, 6) is -0.979. The maximum Gasteiger partial charge on any atom is 0.272 e. The van der Waals surface area contributed by atoms with Crippen molar-refractivity contribution in [1.82, 2.24) is 5.32 Å². The molecule has 6 rings (SSSR count). The standard InChI is InChI=1S/C42H35N3O3S/c1-28-20-21-29(2)37(26-28)44-42(48)39(31-13-5-3-6-14-31)49-35-24-22-34(23-25-35)43-41(47)38(45-40(46)32-15-7-4-8-16-32)27-33-18-11-17-30-12-9-10-19-36(30)33/h3-27,39H,1-2H3,(H,43,47)(H,44,48)(H,45,46)/b38-27-. The first-order valence-electron chi connectivity index (χ1n) is 15.9. The van der Waals surface area contributed by atoms with Gasteiger partial charge in [-0.05, 0) is 95.4 Å². The van der Waals surface area contributed by atoms with Crippen LogP contribution in [0.1, 0.15) is 37.9 Å². The summed E-state index contributed by atoms with van der Waals surface area (Å²) in [4.78, 5) is 41.4. The second-order valence-corrected chi connectivity index (χ2v) is 12.8. The molecule has 0 saturated heterocycles. The molecular formula is C42H35N3O3S. The molecule has 0 bridgehead atoms. The molecule has 0 aliphatic heterocycles. The van der Waals surface area contributed by atoms with Crippen LogP contribution in [-0.4, -0.2) is 17.7 Å². The van der Waals surface area contributed by atoms with Gasteiger partial charge in [-0.2, -0.15) is 0 Å². The molecule has 0 fully saturated rings. The van der Waals surface area contributed by atoms with Gasteiger partial charge in [-0.25, -0.2) is 0 Å². The molecule has 1 atom stereocenters. The molecule has 0 aliphatic rings. The van der Waals surface area contributed by atoms with Crippen LogP contribution in [0.25, 0.3) is 16.8 Å². The molecule has 3 N–H and O–H groups in total. The van der Waals surface area contributed by atoms with E-state index in [1.54, 1.807) is 42.5 Å². The van der Waals surface area contributed by atoms with Gasteiger partial charge in [0.15, 0.2) is 0 Å². The highest BCUT2D eigenvalue weighted by atomic mass is 32.2. The van der Waals surface area contributed by atoms with E-state index in [0.717, 1.165) is 43.6 Å². The smallest absolute Gasteiger partial charge is 0.272 e. The van der Waals surface area contributed by atoms with Crippen LogP contribution in [0, 0.1) is 13.8 Å². The molecule has 6 aromatic carbocycles. The molecule has 242 valence electrons. The first-order valence-corrected chi connectivity index (χ1v) is 16.8. The van der Waals surface area contributed by atoms with Gasteiger partial charge in [-0.15, -0.1) is 11.8 Å². The minimum Gasteiger partial charge on any atom is -0.325 e. The lowest BCUT2D eigenvalue weighted by Gasteiger charge is -2.18. The summed E-state index contributed by atoms with van der Waals surface area (Å²) < 4.78 is 0. The monoisotopic (exact) mass is 661 g/mol. The molecule has 0 aromatic heterocycles. The second kappa shape index (κ2) is 15.3. The fourth-order valence-corrected chi connectivity index (χ4v) is 6.42. The van der Waals surface area contributed by atoms with Crippen molar-refractivity contribution in [1.29, 1.82) is 0 Å². The van der Waals surface area contributed by atoms with Crippen molar-refractivity contribution in [2.75, 3.05) is 10.6 Å². The second-order valence-electron chi connectivity index (χ2n) is 11.6. The zero-order chi connectivity index (χ0) is 34.2. The molecule has 0 aliphatic carbocycles. The van der Waals surface area contributed by atoms with Crippen molar-refractivity contribution in [3.63, 3.8) is 0 Å². The van der Waals surface area contributed by atoms with E-state index in [1.165, 1.54) is 11.8 Å². The van der Waals surface area contributed by atoms with Gasteiger partial charge in [0.05, 0.1) is 0 Å². The molecule has 0 heterocycles. The summed E-state index contributed by atoms with van der Waals surface area (Å²) in [5.41, 5.74) is 5.62. The van der Waals surface area contributed by atoms with Crippen LogP contribution in [0.3, 0.4) is 0 Å². The van der Waals surface area contributed by atoms with E-state index in [1.807, 2.05) is 123 Å². The normalized spacial score (nSPS) is 11.8. The third-order valence-electron chi connectivity index (χ3n) is 8.01. The topological polar surface area (TPSA) is 87.3 Å². The summed E-state index contributed by atoms with van der Waals surface area (Å²) in [6, 6.07) is 45.5. The Labute approximate surface area is 290 Å².